The number of carbonyl (C=O) groups excluding carboxylic acids is 2. The molecule has 0 atom stereocenters. The Morgan fingerprint density at radius 1 is 1.24 bits per heavy atom. The second-order valence-electron chi connectivity index (χ2n) is 5.04. The zero-order valence-corrected chi connectivity index (χ0v) is 10.7. The van der Waals surface area contributed by atoms with Crippen LogP contribution in [0.15, 0.2) is 12.7 Å². The molecular formula is C12H20N2O3. The zero-order chi connectivity index (χ0) is 13.1. The normalized spacial score (nSPS) is 16.6. The summed E-state index contributed by atoms with van der Waals surface area (Å²) in [6.45, 7) is 10.5. The summed E-state index contributed by atoms with van der Waals surface area (Å²) in [4.78, 5) is 26.4. The molecule has 1 fully saturated rings. The van der Waals surface area contributed by atoms with E-state index >= 15 is 0 Å². The molecule has 0 saturated carbocycles. The predicted molar refractivity (Wildman–Crippen MR) is 64.3 cm³/mol. The summed E-state index contributed by atoms with van der Waals surface area (Å²) in [5.41, 5.74) is -0.512. The average molecular weight is 240 g/mol. The fourth-order valence-electron chi connectivity index (χ4n) is 1.58. The summed E-state index contributed by atoms with van der Waals surface area (Å²) in [5.74, 6) is -0.154. The third-order valence-electron chi connectivity index (χ3n) is 2.34. The lowest BCUT2D eigenvalue weighted by Gasteiger charge is -2.35. The van der Waals surface area contributed by atoms with Gasteiger partial charge in [-0.3, -0.25) is 9.69 Å². The molecule has 0 aromatic rings. The first kappa shape index (κ1) is 13.5. The minimum atomic E-state index is -0.512. The van der Waals surface area contributed by atoms with Crippen LogP contribution in [-0.2, 0) is 9.53 Å². The molecule has 0 N–H and O–H groups in total. The fraction of sp³-hybridized carbons (Fsp3) is 0.667. The molecule has 2 amide bonds. The van der Waals surface area contributed by atoms with Crippen LogP contribution >= 0.6 is 0 Å². The first-order valence-electron chi connectivity index (χ1n) is 5.73. The van der Waals surface area contributed by atoms with E-state index in [0.29, 0.717) is 13.1 Å². The highest BCUT2D eigenvalue weighted by Gasteiger charge is 2.27. The zero-order valence-electron chi connectivity index (χ0n) is 10.7. The fourth-order valence-corrected chi connectivity index (χ4v) is 1.58. The Morgan fingerprint density at radius 3 is 2.35 bits per heavy atom. The van der Waals surface area contributed by atoms with Gasteiger partial charge in [0.2, 0.25) is 5.91 Å². The van der Waals surface area contributed by atoms with Crippen LogP contribution in [0.4, 0.5) is 4.79 Å². The van der Waals surface area contributed by atoms with Crippen molar-refractivity contribution in [3.05, 3.63) is 12.7 Å². The number of ether oxygens (including phenoxy) is 1. The Bertz CT molecular complexity index is 320. The average Bonchev–Trinajstić information content (AvgIpc) is 2.26. The van der Waals surface area contributed by atoms with E-state index < -0.39 is 5.60 Å². The molecular weight excluding hydrogens is 220 g/mol. The van der Waals surface area contributed by atoms with Gasteiger partial charge in [-0.05, 0) is 33.3 Å². The molecule has 1 rings (SSSR count). The number of rotatable bonds is 1. The maximum absolute atomic E-state index is 11.8. The number of nitrogens with zero attached hydrogens (tertiary/aromatic N) is 2. The van der Waals surface area contributed by atoms with Crippen molar-refractivity contribution < 1.29 is 14.3 Å². The first-order valence-corrected chi connectivity index (χ1v) is 5.73. The Balaban J connectivity index is 2.57. The third kappa shape index (κ3) is 4.09. The minimum Gasteiger partial charge on any atom is -0.444 e. The largest absolute Gasteiger partial charge is 0.444 e. The lowest BCUT2D eigenvalue weighted by molar-refractivity contribution is -0.129. The molecule has 0 aliphatic carbocycles. The van der Waals surface area contributed by atoms with Crippen molar-refractivity contribution in [1.82, 2.24) is 9.80 Å². The molecule has 0 aromatic heterocycles. The molecule has 0 spiro atoms. The lowest BCUT2D eigenvalue weighted by atomic mass is 10.2. The van der Waals surface area contributed by atoms with Crippen LogP contribution in [-0.4, -0.2) is 47.2 Å². The van der Waals surface area contributed by atoms with E-state index in [1.54, 1.807) is 4.90 Å². The van der Waals surface area contributed by atoms with Gasteiger partial charge in [0.15, 0.2) is 0 Å². The van der Waals surface area contributed by atoms with Crippen molar-refractivity contribution in [2.45, 2.75) is 32.8 Å². The second kappa shape index (κ2) is 5.21. The molecule has 96 valence electrons. The van der Waals surface area contributed by atoms with E-state index in [9.17, 15) is 9.59 Å². The quantitative estimate of drug-likeness (QED) is 0.654. The van der Waals surface area contributed by atoms with Gasteiger partial charge >= 0.3 is 6.09 Å². The van der Waals surface area contributed by atoms with Crippen molar-refractivity contribution in [3.8, 4) is 0 Å². The third-order valence-corrected chi connectivity index (χ3v) is 2.34. The van der Waals surface area contributed by atoms with E-state index in [2.05, 4.69) is 6.58 Å². The summed E-state index contributed by atoms with van der Waals surface area (Å²) in [7, 11) is 0. The van der Waals surface area contributed by atoms with Gasteiger partial charge in [0.25, 0.3) is 0 Å². The van der Waals surface area contributed by atoms with Crippen molar-refractivity contribution in [2.24, 2.45) is 0 Å². The molecule has 0 radical (unpaired) electrons. The standard InChI is InChI=1S/C12H20N2O3/c1-5-10(15)13-7-6-8-14(9-13)11(16)17-12(2,3)4/h5H,1,6-9H2,2-4H3. The van der Waals surface area contributed by atoms with Crippen LogP contribution in [0.2, 0.25) is 0 Å². The van der Waals surface area contributed by atoms with Gasteiger partial charge in [-0.15, -0.1) is 0 Å². The predicted octanol–water partition coefficient (Wildman–Crippen LogP) is 1.60. The Labute approximate surface area is 102 Å². The molecule has 1 saturated heterocycles. The van der Waals surface area contributed by atoms with Crippen LogP contribution in [0, 0.1) is 0 Å². The van der Waals surface area contributed by atoms with E-state index in [0.717, 1.165) is 6.42 Å². The lowest BCUT2D eigenvalue weighted by Crippen LogP contribution is -2.50. The number of hydrogen-bond acceptors (Lipinski definition) is 3. The van der Waals surface area contributed by atoms with Crippen LogP contribution in [0.1, 0.15) is 27.2 Å². The maximum atomic E-state index is 11.8. The summed E-state index contributed by atoms with van der Waals surface area (Å²) < 4.78 is 5.26. The number of amides is 2. The number of hydrogen-bond donors (Lipinski definition) is 0. The first-order chi connectivity index (χ1) is 7.83. The van der Waals surface area contributed by atoms with Crippen LogP contribution in [0.5, 0.6) is 0 Å². The Hall–Kier alpha value is -1.52. The molecule has 1 aliphatic heterocycles. The van der Waals surface area contributed by atoms with Crippen molar-refractivity contribution >= 4 is 12.0 Å². The summed E-state index contributed by atoms with van der Waals surface area (Å²) in [6.07, 6.45) is 1.65. The van der Waals surface area contributed by atoms with E-state index in [-0.39, 0.29) is 18.7 Å². The van der Waals surface area contributed by atoms with E-state index in [1.165, 1.54) is 11.0 Å². The van der Waals surface area contributed by atoms with Gasteiger partial charge in [-0.25, -0.2) is 4.79 Å². The Kier molecular flexibility index (Phi) is 4.15. The van der Waals surface area contributed by atoms with Crippen LogP contribution in [0.25, 0.3) is 0 Å². The monoisotopic (exact) mass is 240 g/mol. The van der Waals surface area contributed by atoms with Crippen LogP contribution in [0.3, 0.4) is 0 Å². The van der Waals surface area contributed by atoms with Crippen molar-refractivity contribution in [3.63, 3.8) is 0 Å². The van der Waals surface area contributed by atoms with Crippen molar-refractivity contribution in [1.29, 1.82) is 0 Å². The number of carbonyl (C=O) groups is 2. The van der Waals surface area contributed by atoms with Gasteiger partial charge < -0.3 is 9.64 Å². The van der Waals surface area contributed by atoms with E-state index in [1.807, 2.05) is 20.8 Å². The highest BCUT2D eigenvalue weighted by atomic mass is 16.6. The van der Waals surface area contributed by atoms with Gasteiger partial charge in [0.1, 0.15) is 5.60 Å². The highest BCUT2D eigenvalue weighted by Crippen LogP contribution is 2.13. The molecule has 0 unspecified atom stereocenters. The molecule has 0 aromatic carbocycles. The van der Waals surface area contributed by atoms with Gasteiger partial charge in [-0.2, -0.15) is 0 Å². The molecule has 5 heteroatoms. The topological polar surface area (TPSA) is 49.9 Å². The minimum absolute atomic E-state index is 0.154. The Morgan fingerprint density at radius 2 is 1.82 bits per heavy atom. The van der Waals surface area contributed by atoms with Crippen LogP contribution < -0.4 is 0 Å². The van der Waals surface area contributed by atoms with Crippen molar-refractivity contribution in [2.75, 3.05) is 19.8 Å². The molecule has 1 heterocycles. The SMILES string of the molecule is C=CC(=O)N1CCCN(C(=O)OC(C)(C)C)C1. The summed E-state index contributed by atoms with van der Waals surface area (Å²) in [5, 5.41) is 0. The molecule has 5 nitrogen and oxygen atoms in total. The van der Waals surface area contributed by atoms with Gasteiger partial charge in [0, 0.05) is 13.1 Å². The summed E-state index contributed by atoms with van der Waals surface area (Å²) >= 11 is 0. The highest BCUT2D eigenvalue weighted by molar-refractivity contribution is 5.87. The smallest absolute Gasteiger partial charge is 0.411 e. The molecule has 0 bridgehead atoms. The second-order valence-corrected chi connectivity index (χ2v) is 5.04. The van der Waals surface area contributed by atoms with E-state index in [4.69, 9.17) is 4.74 Å². The molecule has 17 heavy (non-hydrogen) atoms. The maximum Gasteiger partial charge on any atom is 0.411 e. The van der Waals surface area contributed by atoms with Gasteiger partial charge in [0.05, 0.1) is 6.67 Å². The molecule has 1 aliphatic rings. The summed E-state index contributed by atoms with van der Waals surface area (Å²) in [6, 6.07) is 0. The van der Waals surface area contributed by atoms with Gasteiger partial charge in [-0.1, -0.05) is 6.58 Å².